The molecule has 116 valence electrons. The number of aryl methyl sites for hydroxylation is 1. The summed E-state index contributed by atoms with van der Waals surface area (Å²) in [6.07, 6.45) is 0.993. The number of nitrogens with one attached hydrogen (secondary N) is 1. The van der Waals surface area contributed by atoms with Crippen LogP contribution in [0.4, 0.5) is 0 Å². The van der Waals surface area contributed by atoms with Gasteiger partial charge < -0.3 is 9.88 Å². The average molecular weight is 287 g/mol. The summed E-state index contributed by atoms with van der Waals surface area (Å²) in [5.41, 5.74) is 3.68. The van der Waals surface area contributed by atoms with Gasteiger partial charge in [-0.3, -0.25) is 0 Å². The molecule has 0 atom stereocenters. The quantitative estimate of drug-likeness (QED) is 0.785. The first-order chi connectivity index (χ1) is 9.97. The second-order valence-electron chi connectivity index (χ2n) is 6.87. The molecule has 0 spiro atoms. The zero-order valence-corrected chi connectivity index (χ0v) is 14.1. The Balaban J connectivity index is 2.19. The minimum Gasteiger partial charge on any atom is -0.328 e. The molecule has 0 saturated carbocycles. The Bertz CT molecular complexity index is 581. The molecule has 0 radical (unpaired) electrons. The van der Waals surface area contributed by atoms with Gasteiger partial charge in [0.15, 0.2) is 0 Å². The number of imidazole rings is 1. The summed E-state index contributed by atoms with van der Waals surface area (Å²) in [4.78, 5) is 4.87. The molecule has 0 saturated heterocycles. The van der Waals surface area contributed by atoms with Crippen LogP contribution in [-0.2, 0) is 13.0 Å². The fraction of sp³-hybridized carbons (Fsp3) is 0.611. The van der Waals surface area contributed by atoms with Crippen molar-refractivity contribution in [3.05, 3.63) is 29.6 Å². The molecule has 0 unspecified atom stereocenters. The van der Waals surface area contributed by atoms with Crippen molar-refractivity contribution in [2.24, 2.45) is 11.8 Å². The van der Waals surface area contributed by atoms with Gasteiger partial charge in [0.25, 0.3) is 0 Å². The summed E-state index contributed by atoms with van der Waals surface area (Å²) in [6, 6.07) is 6.59. The normalized spacial score (nSPS) is 12.0. The third-order valence-electron chi connectivity index (χ3n) is 3.61. The first kappa shape index (κ1) is 16.0. The van der Waals surface area contributed by atoms with Crippen LogP contribution in [0.15, 0.2) is 18.2 Å². The molecule has 21 heavy (non-hydrogen) atoms. The molecule has 0 amide bonds. The zero-order valence-electron chi connectivity index (χ0n) is 14.1. The average Bonchev–Trinajstić information content (AvgIpc) is 2.71. The minimum atomic E-state index is 0.631. The molecule has 2 rings (SSSR count). The lowest BCUT2D eigenvalue weighted by Gasteiger charge is -2.12. The topological polar surface area (TPSA) is 29.9 Å². The van der Waals surface area contributed by atoms with Gasteiger partial charge in [0.2, 0.25) is 0 Å². The lowest BCUT2D eigenvalue weighted by Crippen LogP contribution is -2.23. The molecular formula is C18H29N3. The van der Waals surface area contributed by atoms with Gasteiger partial charge in [-0.05, 0) is 43.0 Å². The molecule has 1 heterocycles. The Kier molecular flexibility index (Phi) is 5.40. The van der Waals surface area contributed by atoms with Crippen LogP contribution in [0.25, 0.3) is 11.0 Å². The summed E-state index contributed by atoms with van der Waals surface area (Å²) < 4.78 is 2.40. The molecule has 1 aromatic carbocycles. The maximum absolute atomic E-state index is 4.87. The fourth-order valence-electron chi connectivity index (χ4n) is 2.64. The van der Waals surface area contributed by atoms with Gasteiger partial charge in [-0.25, -0.2) is 4.98 Å². The van der Waals surface area contributed by atoms with Crippen LogP contribution in [0.5, 0.6) is 0 Å². The highest BCUT2D eigenvalue weighted by molar-refractivity contribution is 5.76. The summed E-state index contributed by atoms with van der Waals surface area (Å²) in [5.74, 6) is 2.54. The van der Waals surface area contributed by atoms with Crippen LogP contribution in [0.3, 0.4) is 0 Å². The van der Waals surface area contributed by atoms with E-state index in [1.54, 1.807) is 0 Å². The van der Waals surface area contributed by atoms with Crippen molar-refractivity contribution >= 4 is 11.0 Å². The number of hydrogen-bond acceptors (Lipinski definition) is 2. The van der Waals surface area contributed by atoms with Gasteiger partial charge in [-0.1, -0.05) is 33.8 Å². The lowest BCUT2D eigenvalue weighted by atomic mass is 10.2. The van der Waals surface area contributed by atoms with Crippen molar-refractivity contribution in [2.45, 2.75) is 47.6 Å². The number of hydrogen-bond donors (Lipinski definition) is 1. The molecule has 0 aliphatic carbocycles. The second-order valence-corrected chi connectivity index (χ2v) is 6.87. The third-order valence-corrected chi connectivity index (χ3v) is 3.61. The standard InChI is InChI=1S/C18H29N3/c1-13(2)11-19-9-8-18-20-16-10-15(5)6-7-17(16)21(18)12-14(3)4/h6-7,10,13-14,19H,8-9,11-12H2,1-5H3. The van der Waals surface area contributed by atoms with Crippen LogP contribution >= 0.6 is 0 Å². The molecule has 0 bridgehead atoms. The number of nitrogens with zero attached hydrogens (tertiary/aromatic N) is 2. The first-order valence-electron chi connectivity index (χ1n) is 8.14. The van der Waals surface area contributed by atoms with E-state index < -0.39 is 0 Å². The molecule has 0 aliphatic heterocycles. The van der Waals surface area contributed by atoms with E-state index >= 15 is 0 Å². The number of fused-ring (bicyclic) bond motifs is 1. The number of benzene rings is 1. The highest BCUT2D eigenvalue weighted by Gasteiger charge is 2.11. The van der Waals surface area contributed by atoms with Crippen LogP contribution in [0.2, 0.25) is 0 Å². The molecule has 3 heteroatoms. The summed E-state index contributed by atoms with van der Waals surface area (Å²) in [7, 11) is 0. The summed E-state index contributed by atoms with van der Waals surface area (Å²) in [5, 5.41) is 3.52. The third kappa shape index (κ3) is 4.31. The number of aromatic nitrogens is 2. The Labute approximate surface area is 128 Å². The van der Waals surface area contributed by atoms with Gasteiger partial charge in [-0.2, -0.15) is 0 Å². The van der Waals surface area contributed by atoms with E-state index in [4.69, 9.17) is 4.98 Å². The maximum atomic E-state index is 4.87. The van der Waals surface area contributed by atoms with Gasteiger partial charge in [0, 0.05) is 19.5 Å². The van der Waals surface area contributed by atoms with E-state index in [9.17, 15) is 0 Å². The van der Waals surface area contributed by atoms with Crippen LogP contribution < -0.4 is 5.32 Å². The smallest absolute Gasteiger partial charge is 0.111 e. The highest BCUT2D eigenvalue weighted by Crippen LogP contribution is 2.19. The Morgan fingerprint density at radius 2 is 1.90 bits per heavy atom. The largest absolute Gasteiger partial charge is 0.328 e. The van der Waals surface area contributed by atoms with Crippen LogP contribution in [0, 0.1) is 18.8 Å². The predicted molar refractivity (Wildman–Crippen MR) is 90.7 cm³/mol. The first-order valence-corrected chi connectivity index (χ1v) is 8.14. The molecule has 1 N–H and O–H groups in total. The maximum Gasteiger partial charge on any atom is 0.111 e. The Morgan fingerprint density at radius 1 is 1.14 bits per heavy atom. The van der Waals surface area contributed by atoms with E-state index in [-0.39, 0.29) is 0 Å². The predicted octanol–water partition coefficient (Wildman–Crippen LogP) is 3.79. The highest BCUT2D eigenvalue weighted by atomic mass is 15.1. The molecular weight excluding hydrogens is 258 g/mol. The fourth-order valence-corrected chi connectivity index (χ4v) is 2.64. The van der Waals surface area contributed by atoms with E-state index in [0.717, 1.165) is 31.6 Å². The van der Waals surface area contributed by atoms with E-state index in [1.165, 1.54) is 16.9 Å². The van der Waals surface area contributed by atoms with Crippen molar-refractivity contribution in [1.29, 1.82) is 0 Å². The van der Waals surface area contributed by atoms with Crippen LogP contribution in [0.1, 0.15) is 39.1 Å². The van der Waals surface area contributed by atoms with Crippen LogP contribution in [-0.4, -0.2) is 22.6 Å². The van der Waals surface area contributed by atoms with E-state index in [2.05, 4.69) is 62.7 Å². The summed E-state index contributed by atoms with van der Waals surface area (Å²) >= 11 is 0. The van der Waals surface area contributed by atoms with Gasteiger partial charge in [0.1, 0.15) is 5.82 Å². The molecule has 0 fully saturated rings. The second kappa shape index (κ2) is 7.08. The Hall–Kier alpha value is -1.35. The summed E-state index contributed by atoms with van der Waals surface area (Å²) in [6.45, 7) is 14.3. The number of rotatable bonds is 7. The monoisotopic (exact) mass is 287 g/mol. The van der Waals surface area contributed by atoms with Crippen molar-refractivity contribution < 1.29 is 0 Å². The van der Waals surface area contributed by atoms with Crippen molar-refractivity contribution in [3.63, 3.8) is 0 Å². The van der Waals surface area contributed by atoms with Gasteiger partial charge in [-0.15, -0.1) is 0 Å². The van der Waals surface area contributed by atoms with E-state index in [0.29, 0.717) is 11.8 Å². The van der Waals surface area contributed by atoms with Gasteiger partial charge in [0.05, 0.1) is 11.0 Å². The van der Waals surface area contributed by atoms with Gasteiger partial charge >= 0.3 is 0 Å². The lowest BCUT2D eigenvalue weighted by molar-refractivity contribution is 0.505. The zero-order chi connectivity index (χ0) is 15.4. The minimum absolute atomic E-state index is 0.631. The molecule has 0 aliphatic rings. The SMILES string of the molecule is Cc1ccc2c(c1)nc(CCNCC(C)C)n2CC(C)C. The van der Waals surface area contributed by atoms with Crippen molar-refractivity contribution in [1.82, 2.24) is 14.9 Å². The molecule has 3 nitrogen and oxygen atoms in total. The van der Waals surface area contributed by atoms with Crippen molar-refractivity contribution in [3.8, 4) is 0 Å². The molecule has 2 aromatic rings. The van der Waals surface area contributed by atoms with Crippen molar-refractivity contribution in [2.75, 3.05) is 13.1 Å². The molecule has 1 aromatic heterocycles. The Morgan fingerprint density at radius 3 is 2.57 bits per heavy atom. The van der Waals surface area contributed by atoms with E-state index in [1.807, 2.05) is 0 Å².